The van der Waals surface area contributed by atoms with Gasteiger partial charge in [-0.25, -0.2) is 4.79 Å². The van der Waals surface area contributed by atoms with Crippen molar-refractivity contribution in [3.8, 4) is 11.5 Å². The summed E-state index contributed by atoms with van der Waals surface area (Å²) in [7, 11) is 0. The second-order valence-electron chi connectivity index (χ2n) is 7.39. The van der Waals surface area contributed by atoms with Gasteiger partial charge in [0.2, 0.25) is 5.91 Å². The zero-order valence-electron chi connectivity index (χ0n) is 16.6. The fraction of sp³-hybridized carbons (Fsp3) is 0.318. The number of imide groups is 1. The third-order valence-corrected chi connectivity index (χ3v) is 5.27. The average Bonchev–Trinajstić information content (AvgIpc) is 2.98. The second-order valence-corrected chi connectivity index (χ2v) is 7.39. The monoisotopic (exact) mass is 409 g/mol. The predicted molar refractivity (Wildman–Crippen MR) is 108 cm³/mol. The van der Waals surface area contributed by atoms with E-state index in [0.29, 0.717) is 43.2 Å². The molecule has 0 radical (unpaired) electrons. The van der Waals surface area contributed by atoms with Gasteiger partial charge in [-0.15, -0.1) is 0 Å². The minimum Gasteiger partial charge on any atom is -0.486 e. The lowest BCUT2D eigenvalue weighted by molar-refractivity contribution is -0.134. The predicted octanol–water partition coefficient (Wildman–Crippen LogP) is 1.58. The molecule has 0 spiro atoms. The van der Waals surface area contributed by atoms with Gasteiger partial charge in [-0.3, -0.25) is 14.5 Å². The smallest absolute Gasteiger partial charge is 0.325 e. The molecule has 2 aliphatic heterocycles. The maximum Gasteiger partial charge on any atom is 0.325 e. The minimum atomic E-state index is -1.18. The Labute approximate surface area is 174 Å². The summed E-state index contributed by atoms with van der Waals surface area (Å²) in [6.45, 7) is 2.74. The Kier molecular flexibility index (Phi) is 5.31. The number of benzene rings is 2. The van der Waals surface area contributed by atoms with Crippen LogP contribution in [0.1, 0.15) is 18.1 Å². The molecule has 1 fully saturated rings. The fourth-order valence-corrected chi connectivity index (χ4v) is 3.60. The lowest BCUT2D eigenvalue weighted by atomic mass is 9.92. The first-order chi connectivity index (χ1) is 14.5. The molecule has 1 saturated heterocycles. The maximum atomic E-state index is 12.8. The molecule has 0 aliphatic carbocycles. The van der Waals surface area contributed by atoms with Crippen molar-refractivity contribution in [2.75, 3.05) is 26.3 Å². The number of urea groups is 1. The van der Waals surface area contributed by atoms with Crippen molar-refractivity contribution < 1.29 is 23.9 Å². The largest absolute Gasteiger partial charge is 0.486 e. The zero-order valence-corrected chi connectivity index (χ0v) is 16.6. The number of nitrogens with zero attached hydrogens (tertiary/aromatic N) is 1. The molecule has 1 atom stereocenters. The topological polar surface area (TPSA) is 97.0 Å². The molecule has 2 N–H and O–H groups in total. The summed E-state index contributed by atoms with van der Waals surface area (Å²) in [5.41, 5.74) is 0.486. The third-order valence-electron chi connectivity index (χ3n) is 5.27. The van der Waals surface area contributed by atoms with Crippen molar-refractivity contribution in [3.63, 3.8) is 0 Å². The van der Waals surface area contributed by atoms with Crippen LogP contribution in [0.25, 0.3) is 0 Å². The SMILES string of the molecule is CC1(c2ccccc2)NC(=O)N(CC(=O)NCCc2ccc3c(c2)OCCO3)C1=O. The standard InChI is InChI=1S/C22H23N3O5/c1-22(16-5-3-2-4-6-16)20(27)25(21(28)24-22)14-19(26)23-10-9-15-7-8-17-18(13-15)30-12-11-29-17/h2-8,13H,9-12,14H2,1H3,(H,23,26)(H,24,28). The molecule has 2 heterocycles. The number of nitrogens with one attached hydrogen (secondary N) is 2. The van der Waals surface area contributed by atoms with Crippen molar-refractivity contribution >= 4 is 17.8 Å². The highest BCUT2D eigenvalue weighted by Gasteiger charge is 2.49. The lowest BCUT2D eigenvalue weighted by Gasteiger charge is -2.22. The fourth-order valence-electron chi connectivity index (χ4n) is 3.60. The van der Waals surface area contributed by atoms with Gasteiger partial charge >= 0.3 is 6.03 Å². The summed E-state index contributed by atoms with van der Waals surface area (Å²) in [6, 6.07) is 14.1. The molecular formula is C22H23N3O5. The van der Waals surface area contributed by atoms with Crippen LogP contribution in [0, 0.1) is 0 Å². The molecule has 0 saturated carbocycles. The molecule has 30 heavy (non-hydrogen) atoms. The van der Waals surface area contributed by atoms with Crippen molar-refractivity contribution in [1.82, 2.24) is 15.5 Å². The molecule has 156 valence electrons. The third kappa shape index (κ3) is 3.80. The molecule has 0 bridgehead atoms. The molecule has 2 aromatic rings. The van der Waals surface area contributed by atoms with E-state index in [2.05, 4.69) is 10.6 Å². The van der Waals surface area contributed by atoms with Crippen molar-refractivity contribution in [1.29, 1.82) is 0 Å². The van der Waals surface area contributed by atoms with Gasteiger partial charge in [0.15, 0.2) is 11.5 Å². The van der Waals surface area contributed by atoms with Gasteiger partial charge < -0.3 is 20.1 Å². The van der Waals surface area contributed by atoms with Crippen molar-refractivity contribution in [2.24, 2.45) is 0 Å². The quantitative estimate of drug-likeness (QED) is 0.706. The number of fused-ring (bicyclic) bond motifs is 1. The molecule has 0 aromatic heterocycles. The number of amides is 4. The summed E-state index contributed by atoms with van der Waals surface area (Å²) in [6.07, 6.45) is 0.588. The Bertz CT molecular complexity index is 978. The van der Waals surface area contributed by atoms with Gasteiger partial charge in [0, 0.05) is 6.54 Å². The number of carbonyl (C=O) groups is 3. The summed E-state index contributed by atoms with van der Waals surface area (Å²) in [5, 5.41) is 5.46. The Balaban J connectivity index is 1.32. The maximum absolute atomic E-state index is 12.8. The summed E-state index contributed by atoms with van der Waals surface area (Å²) >= 11 is 0. The zero-order chi connectivity index (χ0) is 21.1. The van der Waals surface area contributed by atoms with E-state index in [1.165, 1.54) is 0 Å². The van der Waals surface area contributed by atoms with Crippen LogP contribution < -0.4 is 20.1 Å². The number of hydrogen-bond acceptors (Lipinski definition) is 5. The van der Waals surface area contributed by atoms with Crippen LogP contribution in [0.15, 0.2) is 48.5 Å². The molecule has 1 unspecified atom stereocenters. The van der Waals surface area contributed by atoms with Crippen molar-refractivity contribution in [3.05, 3.63) is 59.7 Å². The molecule has 8 nitrogen and oxygen atoms in total. The van der Waals surface area contributed by atoms with E-state index in [1.807, 2.05) is 24.3 Å². The van der Waals surface area contributed by atoms with Crippen LogP contribution in [0.2, 0.25) is 0 Å². The Hall–Kier alpha value is -3.55. The molecule has 2 aromatic carbocycles. The van der Waals surface area contributed by atoms with E-state index in [0.717, 1.165) is 10.5 Å². The Morgan fingerprint density at radius 2 is 1.83 bits per heavy atom. The number of ether oxygens (including phenoxy) is 2. The Morgan fingerprint density at radius 3 is 2.60 bits per heavy atom. The molecular weight excluding hydrogens is 386 g/mol. The highest BCUT2D eigenvalue weighted by molar-refractivity contribution is 6.09. The van der Waals surface area contributed by atoms with Crippen LogP contribution in [0.3, 0.4) is 0 Å². The molecule has 2 aliphatic rings. The first kappa shape index (κ1) is 19.8. The van der Waals surface area contributed by atoms with Gasteiger partial charge in [-0.2, -0.15) is 0 Å². The van der Waals surface area contributed by atoms with Gasteiger partial charge in [0.25, 0.3) is 5.91 Å². The molecule has 4 amide bonds. The Morgan fingerprint density at radius 1 is 1.10 bits per heavy atom. The highest BCUT2D eigenvalue weighted by Crippen LogP contribution is 2.31. The van der Waals surface area contributed by atoms with Gasteiger partial charge in [-0.05, 0) is 36.6 Å². The second kappa shape index (κ2) is 8.06. The van der Waals surface area contributed by atoms with E-state index in [4.69, 9.17) is 9.47 Å². The number of rotatable bonds is 6. The van der Waals surface area contributed by atoms with Crippen molar-refractivity contribution in [2.45, 2.75) is 18.9 Å². The highest BCUT2D eigenvalue weighted by atomic mass is 16.6. The molecule has 8 heteroatoms. The van der Waals surface area contributed by atoms with Crippen LogP contribution in [0.4, 0.5) is 4.79 Å². The average molecular weight is 409 g/mol. The first-order valence-electron chi connectivity index (χ1n) is 9.82. The minimum absolute atomic E-state index is 0.325. The van der Waals surface area contributed by atoms with E-state index in [1.54, 1.807) is 31.2 Å². The van der Waals surface area contributed by atoms with Gasteiger partial charge in [0.1, 0.15) is 25.3 Å². The van der Waals surface area contributed by atoms with E-state index in [-0.39, 0.29) is 6.54 Å². The van der Waals surface area contributed by atoms with Crippen LogP contribution in [-0.2, 0) is 21.5 Å². The lowest BCUT2D eigenvalue weighted by Crippen LogP contribution is -2.43. The first-order valence-corrected chi connectivity index (χ1v) is 9.82. The van der Waals surface area contributed by atoms with E-state index < -0.39 is 23.4 Å². The van der Waals surface area contributed by atoms with Gasteiger partial charge in [0.05, 0.1) is 0 Å². The summed E-state index contributed by atoms with van der Waals surface area (Å²) in [4.78, 5) is 38.5. The van der Waals surface area contributed by atoms with Crippen LogP contribution >= 0.6 is 0 Å². The van der Waals surface area contributed by atoms with Gasteiger partial charge in [-0.1, -0.05) is 36.4 Å². The van der Waals surface area contributed by atoms with E-state index >= 15 is 0 Å². The summed E-state index contributed by atoms with van der Waals surface area (Å²) in [5.74, 6) is 0.577. The molecule has 4 rings (SSSR count). The summed E-state index contributed by atoms with van der Waals surface area (Å²) < 4.78 is 11.1. The van der Waals surface area contributed by atoms with Crippen LogP contribution in [-0.4, -0.2) is 49.0 Å². The van der Waals surface area contributed by atoms with Crippen LogP contribution in [0.5, 0.6) is 11.5 Å². The number of hydrogen-bond donors (Lipinski definition) is 2. The normalized spacial score (nSPS) is 20.1. The number of carbonyl (C=O) groups excluding carboxylic acids is 3. The van der Waals surface area contributed by atoms with E-state index in [9.17, 15) is 14.4 Å².